The van der Waals surface area contributed by atoms with Crippen LogP contribution >= 0.6 is 7.82 Å². The van der Waals surface area contributed by atoms with Gasteiger partial charge in [-0.15, -0.1) is 0 Å². The van der Waals surface area contributed by atoms with Gasteiger partial charge in [0.25, 0.3) is 0 Å². The van der Waals surface area contributed by atoms with E-state index in [4.69, 9.17) is 18.5 Å². The molecule has 0 aliphatic heterocycles. The van der Waals surface area contributed by atoms with Gasteiger partial charge in [-0.05, 0) is 77.6 Å². The molecule has 0 heterocycles. The van der Waals surface area contributed by atoms with Crippen molar-refractivity contribution in [3.63, 3.8) is 0 Å². The molecular weight excluding hydrogens is 723 g/mol. The fraction of sp³-hybridized carbons (Fsp3) is 0.830. The van der Waals surface area contributed by atoms with Gasteiger partial charge in [0, 0.05) is 12.8 Å². The molecule has 0 amide bonds. The largest absolute Gasteiger partial charge is 0.472 e. The third kappa shape index (κ3) is 41.9. The number of phosphoric acid groups is 1. The second-order valence-corrected chi connectivity index (χ2v) is 16.9. The smallest absolute Gasteiger partial charge is 0.462 e. The molecule has 8 nitrogen and oxygen atoms in total. The monoisotopic (exact) mass is 811 g/mol. The zero-order valence-electron chi connectivity index (χ0n) is 36.5. The normalized spacial score (nSPS) is 13.6. The van der Waals surface area contributed by atoms with Crippen LogP contribution in [-0.2, 0) is 32.7 Å². The number of unbranched alkanes of at least 4 members (excludes halogenated alkanes) is 25. The van der Waals surface area contributed by atoms with Crippen molar-refractivity contribution in [3.05, 3.63) is 36.5 Å². The Labute approximate surface area is 345 Å². The van der Waals surface area contributed by atoms with Crippen LogP contribution in [0.1, 0.15) is 226 Å². The maximum Gasteiger partial charge on any atom is 0.472 e. The van der Waals surface area contributed by atoms with Crippen molar-refractivity contribution in [2.45, 2.75) is 232 Å². The topological polar surface area (TPSA) is 108 Å². The summed E-state index contributed by atoms with van der Waals surface area (Å²) in [6, 6.07) is 0. The molecule has 0 aromatic rings. The summed E-state index contributed by atoms with van der Waals surface area (Å²) in [6.45, 7) is 5.47. The van der Waals surface area contributed by atoms with E-state index in [0.717, 1.165) is 64.2 Å². The van der Waals surface area contributed by atoms with Crippen LogP contribution in [0.2, 0.25) is 0 Å². The molecule has 0 aromatic carbocycles. The van der Waals surface area contributed by atoms with Gasteiger partial charge in [0.1, 0.15) is 6.61 Å². The molecule has 0 spiro atoms. The van der Waals surface area contributed by atoms with Gasteiger partial charge in [-0.25, -0.2) is 4.57 Å². The van der Waals surface area contributed by atoms with Gasteiger partial charge >= 0.3 is 19.8 Å². The number of carbonyl (C=O) groups excluding carboxylic acids is 2. The second-order valence-electron chi connectivity index (χ2n) is 15.4. The number of hydrogen-bond acceptors (Lipinski definition) is 7. The minimum atomic E-state index is -4.28. The van der Waals surface area contributed by atoms with Crippen molar-refractivity contribution in [1.29, 1.82) is 0 Å². The zero-order chi connectivity index (χ0) is 41.1. The number of ether oxygens (including phenoxy) is 2. The Bertz CT molecular complexity index is 1010. The first-order valence-electron chi connectivity index (χ1n) is 23.3. The lowest BCUT2D eigenvalue weighted by atomic mass is 10.1. The molecule has 0 bridgehead atoms. The summed E-state index contributed by atoms with van der Waals surface area (Å²) in [7, 11) is -4.28. The molecule has 9 heteroatoms. The quantitative estimate of drug-likeness (QED) is 0.0281. The molecule has 0 saturated heterocycles. The van der Waals surface area contributed by atoms with Crippen molar-refractivity contribution in [1.82, 2.24) is 0 Å². The number of phosphoric ester groups is 1. The molecule has 0 radical (unpaired) electrons. The van der Waals surface area contributed by atoms with Crippen LogP contribution in [0.3, 0.4) is 0 Å². The molecule has 0 aliphatic carbocycles. The number of allylic oxidation sites excluding steroid dienone is 6. The Morgan fingerprint density at radius 2 is 0.857 bits per heavy atom. The van der Waals surface area contributed by atoms with E-state index in [0.29, 0.717) is 6.42 Å². The van der Waals surface area contributed by atoms with Crippen LogP contribution in [-0.4, -0.2) is 42.8 Å². The fourth-order valence-corrected chi connectivity index (χ4v) is 7.23. The Kier molecular flexibility index (Phi) is 41.5. The molecule has 0 fully saturated rings. The van der Waals surface area contributed by atoms with Gasteiger partial charge in [-0.1, -0.05) is 172 Å². The first-order chi connectivity index (χ1) is 27.3. The molecule has 2 atom stereocenters. The molecule has 0 saturated carbocycles. The molecule has 0 aliphatic rings. The third-order valence-electron chi connectivity index (χ3n) is 9.92. The molecule has 0 rings (SSSR count). The first kappa shape index (κ1) is 54.3. The Morgan fingerprint density at radius 1 is 0.482 bits per heavy atom. The highest BCUT2D eigenvalue weighted by molar-refractivity contribution is 7.47. The van der Waals surface area contributed by atoms with E-state index in [1.54, 1.807) is 6.92 Å². The maximum absolute atomic E-state index is 12.6. The van der Waals surface area contributed by atoms with E-state index in [1.807, 2.05) is 0 Å². The lowest BCUT2D eigenvalue weighted by Crippen LogP contribution is -2.29. The first-order valence-corrected chi connectivity index (χ1v) is 24.8. The number of rotatable bonds is 43. The Balaban J connectivity index is 4.04. The van der Waals surface area contributed by atoms with Gasteiger partial charge in [0.15, 0.2) is 6.10 Å². The molecule has 2 unspecified atom stereocenters. The summed E-state index contributed by atoms with van der Waals surface area (Å²) in [4.78, 5) is 34.8. The van der Waals surface area contributed by atoms with E-state index in [9.17, 15) is 19.0 Å². The predicted octanol–water partition coefficient (Wildman–Crippen LogP) is 14.8. The summed E-state index contributed by atoms with van der Waals surface area (Å²) in [5.41, 5.74) is 0. The van der Waals surface area contributed by atoms with Crippen molar-refractivity contribution in [2.24, 2.45) is 0 Å². The predicted molar refractivity (Wildman–Crippen MR) is 235 cm³/mol. The molecular formula is C47H87O8P. The van der Waals surface area contributed by atoms with E-state index in [-0.39, 0.29) is 32.0 Å². The molecule has 1 N–H and O–H groups in total. The molecule has 56 heavy (non-hydrogen) atoms. The van der Waals surface area contributed by atoms with Crippen molar-refractivity contribution >= 4 is 19.8 Å². The van der Waals surface area contributed by atoms with Gasteiger partial charge in [-0.2, -0.15) is 0 Å². The van der Waals surface area contributed by atoms with Crippen LogP contribution in [0.5, 0.6) is 0 Å². The summed E-state index contributed by atoms with van der Waals surface area (Å²) >= 11 is 0. The van der Waals surface area contributed by atoms with Crippen LogP contribution in [0.25, 0.3) is 0 Å². The van der Waals surface area contributed by atoms with E-state index < -0.39 is 26.5 Å². The highest BCUT2D eigenvalue weighted by atomic mass is 31.2. The number of carbonyl (C=O) groups is 2. The second kappa shape index (κ2) is 42.9. The molecule has 328 valence electrons. The summed E-state index contributed by atoms with van der Waals surface area (Å²) in [5.74, 6) is -0.807. The van der Waals surface area contributed by atoms with Gasteiger partial charge < -0.3 is 14.4 Å². The SMILES string of the molecule is CCCCCCC/C=C\C/C=C\CCCCCCCCCCCC(=O)OC(COC(=O)CCCCCCC/C=C\CCCCCCCC)COP(=O)(O)OCC. The summed E-state index contributed by atoms with van der Waals surface area (Å²) in [5, 5.41) is 0. The van der Waals surface area contributed by atoms with Crippen LogP contribution < -0.4 is 0 Å². The van der Waals surface area contributed by atoms with Crippen LogP contribution in [0, 0.1) is 0 Å². The van der Waals surface area contributed by atoms with E-state index in [2.05, 4.69) is 50.3 Å². The van der Waals surface area contributed by atoms with Crippen LogP contribution in [0.15, 0.2) is 36.5 Å². The lowest BCUT2D eigenvalue weighted by molar-refractivity contribution is -0.161. The van der Waals surface area contributed by atoms with E-state index >= 15 is 0 Å². The average molecular weight is 811 g/mol. The van der Waals surface area contributed by atoms with Crippen LogP contribution in [0.4, 0.5) is 0 Å². The minimum absolute atomic E-state index is 0.00157. The minimum Gasteiger partial charge on any atom is -0.462 e. The molecule has 0 aromatic heterocycles. The van der Waals surface area contributed by atoms with Crippen molar-refractivity contribution in [3.8, 4) is 0 Å². The van der Waals surface area contributed by atoms with Gasteiger partial charge in [0.05, 0.1) is 13.2 Å². The third-order valence-corrected chi connectivity index (χ3v) is 11.0. The Hall–Kier alpha value is -1.73. The number of esters is 2. The Morgan fingerprint density at radius 3 is 1.29 bits per heavy atom. The highest BCUT2D eigenvalue weighted by Crippen LogP contribution is 2.43. The van der Waals surface area contributed by atoms with Crippen molar-refractivity contribution in [2.75, 3.05) is 19.8 Å². The average Bonchev–Trinajstić information content (AvgIpc) is 3.18. The van der Waals surface area contributed by atoms with Gasteiger partial charge in [0.2, 0.25) is 0 Å². The summed E-state index contributed by atoms with van der Waals surface area (Å²) < 4.78 is 32.7. The zero-order valence-corrected chi connectivity index (χ0v) is 37.4. The standard InChI is InChI=1S/C47H87O8P/c1-4-7-9-11-13-15-17-19-21-22-23-24-25-26-28-30-32-34-36-38-40-42-47(49)55-45(44-54-56(50,51)53-6-3)43-52-46(48)41-39-37-35-33-31-29-27-20-18-16-14-12-10-8-5-2/h17,19-20,22-23,27,45H,4-16,18,21,24-26,28-44H2,1-3H3,(H,50,51)/b19-17-,23-22-,27-20-. The maximum atomic E-state index is 12.6. The number of hydrogen-bond donors (Lipinski definition) is 1. The highest BCUT2D eigenvalue weighted by Gasteiger charge is 2.25. The fourth-order valence-electron chi connectivity index (χ4n) is 6.48. The lowest BCUT2D eigenvalue weighted by Gasteiger charge is -2.19. The van der Waals surface area contributed by atoms with E-state index in [1.165, 1.54) is 122 Å². The van der Waals surface area contributed by atoms with Crippen molar-refractivity contribution < 1.29 is 37.6 Å². The summed E-state index contributed by atoms with van der Waals surface area (Å²) in [6.07, 6.45) is 49.1. The van der Waals surface area contributed by atoms with Gasteiger partial charge in [-0.3, -0.25) is 18.6 Å².